The van der Waals surface area contributed by atoms with E-state index in [1.54, 1.807) is 0 Å². The molecule has 1 amide bonds. The molecule has 1 saturated carbocycles. The second-order valence-corrected chi connectivity index (χ2v) is 6.14. The Morgan fingerprint density at radius 2 is 1.86 bits per heavy atom. The van der Waals surface area contributed by atoms with Gasteiger partial charge < -0.3 is 15.5 Å². The van der Waals surface area contributed by atoms with Gasteiger partial charge in [0, 0.05) is 43.3 Å². The van der Waals surface area contributed by atoms with Crippen LogP contribution in [0.4, 0.5) is 5.69 Å². The van der Waals surface area contributed by atoms with Crippen LogP contribution in [-0.4, -0.2) is 42.1 Å². The molecule has 1 aromatic heterocycles. The summed E-state index contributed by atoms with van der Waals surface area (Å²) in [4.78, 5) is 18.4. The summed E-state index contributed by atoms with van der Waals surface area (Å²) in [7, 11) is 0. The van der Waals surface area contributed by atoms with Gasteiger partial charge in [0.2, 0.25) is 5.91 Å². The monoisotopic (exact) mass is 288 g/mol. The minimum atomic E-state index is -0.0944. The number of nitrogens with one attached hydrogen (secondary N) is 2. The lowest BCUT2D eigenvalue weighted by Gasteiger charge is -2.35. The van der Waals surface area contributed by atoms with E-state index in [1.807, 2.05) is 19.3 Å². The minimum absolute atomic E-state index is 0.0944. The molecule has 1 aliphatic heterocycles. The van der Waals surface area contributed by atoms with Crippen molar-refractivity contribution in [2.24, 2.45) is 0 Å². The van der Waals surface area contributed by atoms with Gasteiger partial charge in [-0.05, 0) is 44.7 Å². The van der Waals surface area contributed by atoms with E-state index in [0.717, 1.165) is 38.8 Å². The van der Waals surface area contributed by atoms with E-state index >= 15 is 0 Å². The number of carbonyl (C=O) groups excluding carboxylic acids is 1. The molecule has 2 heterocycles. The normalized spacial score (nSPS) is 21.1. The first-order chi connectivity index (χ1) is 10.2. The van der Waals surface area contributed by atoms with Gasteiger partial charge in [0.15, 0.2) is 0 Å². The molecule has 2 aliphatic rings. The molecule has 1 saturated heterocycles. The van der Waals surface area contributed by atoms with Gasteiger partial charge >= 0.3 is 0 Å². The summed E-state index contributed by atoms with van der Waals surface area (Å²) < 4.78 is 0. The van der Waals surface area contributed by atoms with Gasteiger partial charge in [-0.3, -0.25) is 9.78 Å². The topological polar surface area (TPSA) is 57.3 Å². The van der Waals surface area contributed by atoms with Crippen LogP contribution in [0.2, 0.25) is 0 Å². The Morgan fingerprint density at radius 1 is 1.19 bits per heavy atom. The number of nitrogens with zero attached hydrogens (tertiary/aromatic N) is 2. The van der Waals surface area contributed by atoms with Gasteiger partial charge in [-0.25, -0.2) is 0 Å². The summed E-state index contributed by atoms with van der Waals surface area (Å²) in [5, 5.41) is 6.53. The van der Waals surface area contributed by atoms with Crippen molar-refractivity contribution in [3.05, 3.63) is 24.5 Å². The summed E-state index contributed by atoms with van der Waals surface area (Å²) in [6, 6.07) is 4.89. The van der Waals surface area contributed by atoms with Crippen molar-refractivity contribution in [3.63, 3.8) is 0 Å². The summed E-state index contributed by atoms with van der Waals surface area (Å²) >= 11 is 0. The maximum atomic E-state index is 12.0. The Kier molecular flexibility index (Phi) is 4.39. The highest BCUT2D eigenvalue weighted by molar-refractivity contribution is 5.81. The summed E-state index contributed by atoms with van der Waals surface area (Å²) in [6.45, 7) is 4.02. The number of aromatic nitrogens is 1. The lowest BCUT2D eigenvalue weighted by atomic mass is 10.0. The molecule has 5 nitrogen and oxygen atoms in total. The van der Waals surface area contributed by atoms with Crippen molar-refractivity contribution in [2.45, 2.75) is 50.7 Å². The molecular formula is C16H24N4O. The summed E-state index contributed by atoms with van der Waals surface area (Å²) in [5.74, 6) is 0.147. The number of hydrogen-bond acceptors (Lipinski definition) is 4. The van der Waals surface area contributed by atoms with Crippen LogP contribution in [0.15, 0.2) is 24.5 Å². The molecule has 1 atom stereocenters. The Balaban J connectivity index is 1.44. The van der Waals surface area contributed by atoms with Crippen molar-refractivity contribution >= 4 is 11.6 Å². The van der Waals surface area contributed by atoms with Gasteiger partial charge in [-0.2, -0.15) is 0 Å². The van der Waals surface area contributed by atoms with E-state index in [9.17, 15) is 4.79 Å². The Bertz CT molecular complexity index is 466. The number of amides is 1. The highest BCUT2D eigenvalue weighted by atomic mass is 16.2. The molecule has 0 bridgehead atoms. The smallest absolute Gasteiger partial charge is 0.237 e. The molecule has 0 radical (unpaired) electrons. The van der Waals surface area contributed by atoms with Crippen LogP contribution in [0.5, 0.6) is 0 Å². The predicted octanol–water partition coefficient (Wildman–Crippen LogP) is 1.31. The maximum Gasteiger partial charge on any atom is 0.237 e. The van der Waals surface area contributed by atoms with Crippen molar-refractivity contribution < 1.29 is 4.79 Å². The number of rotatable bonds is 5. The number of piperidine rings is 1. The van der Waals surface area contributed by atoms with Crippen molar-refractivity contribution in [2.75, 3.05) is 18.0 Å². The second kappa shape index (κ2) is 6.43. The van der Waals surface area contributed by atoms with Crippen LogP contribution < -0.4 is 15.5 Å². The zero-order valence-corrected chi connectivity index (χ0v) is 12.6. The fraction of sp³-hybridized carbons (Fsp3) is 0.625. The molecule has 2 fully saturated rings. The van der Waals surface area contributed by atoms with E-state index in [1.165, 1.54) is 5.69 Å². The average Bonchev–Trinajstić information content (AvgIpc) is 3.33. The number of pyridine rings is 1. The molecule has 0 aromatic carbocycles. The molecule has 3 rings (SSSR count). The van der Waals surface area contributed by atoms with Crippen LogP contribution in [0.25, 0.3) is 0 Å². The van der Waals surface area contributed by atoms with E-state index in [0.29, 0.717) is 12.1 Å². The first-order valence-electron chi connectivity index (χ1n) is 7.94. The minimum Gasteiger partial charge on any atom is -0.371 e. The van der Waals surface area contributed by atoms with Crippen molar-refractivity contribution in [1.29, 1.82) is 0 Å². The zero-order valence-electron chi connectivity index (χ0n) is 12.6. The van der Waals surface area contributed by atoms with Gasteiger partial charge in [-0.1, -0.05) is 0 Å². The highest BCUT2D eigenvalue weighted by Gasteiger charge is 2.27. The van der Waals surface area contributed by atoms with Crippen LogP contribution in [0.1, 0.15) is 32.6 Å². The number of anilines is 1. The van der Waals surface area contributed by atoms with Gasteiger partial charge in [0.05, 0.1) is 6.04 Å². The maximum absolute atomic E-state index is 12.0. The SMILES string of the molecule is CC(NC1CCN(c2ccncc2)CC1)C(=O)NC1CC1. The first-order valence-corrected chi connectivity index (χ1v) is 7.94. The second-order valence-electron chi connectivity index (χ2n) is 6.14. The lowest BCUT2D eigenvalue weighted by Crippen LogP contribution is -2.50. The Labute approximate surface area is 126 Å². The fourth-order valence-corrected chi connectivity index (χ4v) is 2.84. The van der Waals surface area contributed by atoms with Crippen LogP contribution in [-0.2, 0) is 4.79 Å². The number of carbonyl (C=O) groups is 1. The van der Waals surface area contributed by atoms with Crippen molar-refractivity contribution in [1.82, 2.24) is 15.6 Å². The molecule has 21 heavy (non-hydrogen) atoms. The van der Waals surface area contributed by atoms with E-state index < -0.39 is 0 Å². The third-order valence-electron chi connectivity index (χ3n) is 4.33. The molecule has 2 N–H and O–H groups in total. The molecule has 0 spiro atoms. The van der Waals surface area contributed by atoms with Crippen LogP contribution in [0, 0.1) is 0 Å². The molecular weight excluding hydrogens is 264 g/mol. The standard InChI is InChI=1S/C16H24N4O/c1-12(16(21)19-13-2-3-13)18-14-6-10-20(11-7-14)15-4-8-17-9-5-15/h4-5,8-9,12-14,18H,2-3,6-7,10-11H2,1H3,(H,19,21). The Hall–Kier alpha value is -1.62. The summed E-state index contributed by atoms with van der Waals surface area (Å²) in [5.41, 5.74) is 1.24. The molecule has 1 aliphatic carbocycles. The first kappa shape index (κ1) is 14.3. The summed E-state index contributed by atoms with van der Waals surface area (Å²) in [6.07, 6.45) is 8.10. The lowest BCUT2D eigenvalue weighted by molar-refractivity contribution is -0.123. The zero-order chi connectivity index (χ0) is 14.7. The van der Waals surface area contributed by atoms with Gasteiger partial charge in [0.1, 0.15) is 0 Å². The predicted molar refractivity (Wildman–Crippen MR) is 83.2 cm³/mol. The average molecular weight is 288 g/mol. The van der Waals surface area contributed by atoms with Gasteiger partial charge in [-0.15, -0.1) is 0 Å². The highest BCUT2D eigenvalue weighted by Crippen LogP contribution is 2.20. The number of hydrogen-bond donors (Lipinski definition) is 2. The van der Waals surface area contributed by atoms with Crippen molar-refractivity contribution in [3.8, 4) is 0 Å². The van der Waals surface area contributed by atoms with Gasteiger partial charge in [0.25, 0.3) is 0 Å². The van der Waals surface area contributed by atoms with E-state index in [-0.39, 0.29) is 11.9 Å². The molecule has 5 heteroatoms. The molecule has 1 unspecified atom stereocenters. The largest absolute Gasteiger partial charge is 0.371 e. The van der Waals surface area contributed by atoms with Crippen LogP contribution in [0.3, 0.4) is 0 Å². The van der Waals surface area contributed by atoms with E-state index in [4.69, 9.17) is 0 Å². The fourth-order valence-electron chi connectivity index (χ4n) is 2.84. The molecule has 1 aromatic rings. The molecule has 114 valence electrons. The van der Waals surface area contributed by atoms with E-state index in [2.05, 4.69) is 32.7 Å². The Morgan fingerprint density at radius 3 is 2.48 bits per heavy atom. The third-order valence-corrected chi connectivity index (χ3v) is 4.33. The third kappa shape index (κ3) is 3.94. The van der Waals surface area contributed by atoms with Crippen LogP contribution >= 0.6 is 0 Å². The quantitative estimate of drug-likeness (QED) is 0.857.